The Kier molecular flexibility index (Phi) is 5.37. The van der Waals surface area contributed by atoms with Gasteiger partial charge in [-0.3, -0.25) is 9.59 Å². The normalized spacial score (nSPS) is 10.0. The number of hydrogen-bond donors (Lipinski definition) is 2. The van der Waals surface area contributed by atoms with Crippen LogP contribution in [0.4, 0.5) is 20.2 Å². The number of pyridine rings is 1. The van der Waals surface area contributed by atoms with E-state index in [1.54, 1.807) is 18.2 Å². The largest absolute Gasteiger partial charge is 0.321 e. The average Bonchev–Trinajstić information content (AvgIpc) is 2.70. The molecular formula is C20H12F2N4O2. The van der Waals surface area contributed by atoms with Crippen molar-refractivity contribution in [1.29, 1.82) is 5.26 Å². The van der Waals surface area contributed by atoms with E-state index in [2.05, 4.69) is 15.6 Å². The Balaban J connectivity index is 1.76. The van der Waals surface area contributed by atoms with Gasteiger partial charge in [-0.2, -0.15) is 5.26 Å². The zero-order valence-electron chi connectivity index (χ0n) is 14.2. The second-order valence-electron chi connectivity index (χ2n) is 5.63. The van der Waals surface area contributed by atoms with Gasteiger partial charge in [0.1, 0.15) is 23.0 Å². The molecule has 28 heavy (non-hydrogen) atoms. The molecule has 0 saturated carbocycles. The van der Waals surface area contributed by atoms with Gasteiger partial charge in [-0.15, -0.1) is 0 Å². The standard InChI is InChI=1S/C20H12F2N4O2/c21-13-7-8-16(15(22)10-13)26-20(28)18-6-2-5-17(25-18)19(27)24-14-4-1-3-12(9-14)11-23/h1-10H,(H,24,27)(H,26,28). The quantitative estimate of drug-likeness (QED) is 0.723. The maximum Gasteiger partial charge on any atom is 0.274 e. The van der Waals surface area contributed by atoms with Crippen LogP contribution in [0.15, 0.2) is 60.7 Å². The van der Waals surface area contributed by atoms with Crippen molar-refractivity contribution in [3.05, 3.63) is 89.2 Å². The highest BCUT2D eigenvalue weighted by atomic mass is 19.1. The molecule has 0 saturated heterocycles. The monoisotopic (exact) mass is 378 g/mol. The summed E-state index contributed by atoms with van der Waals surface area (Å²) in [6, 6.07) is 15.2. The molecule has 138 valence electrons. The molecule has 3 rings (SSSR count). The molecule has 0 spiro atoms. The average molecular weight is 378 g/mol. The topological polar surface area (TPSA) is 94.9 Å². The highest BCUT2D eigenvalue weighted by Crippen LogP contribution is 2.16. The fourth-order valence-corrected chi connectivity index (χ4v) is 2.33. The van der Waals surface area contributed by atoms with E-state index in [0.717, 1.165) is 12.1 Å². The van der Waals surface area contributed by atoms with Crippen LogP contribution >= 0.6 is 0 Å². The number of hydrogen-bond acceptors (Lipinski definition) is 4. The number of amides is 2. The summed E-state index contributed by atoms with van der Waals surface area (Å²) in [5.41, 5.74) is 0.391. The molecule has 2 amide bonds. The Labute approximate surface area is 158 Å². The summed E-state index contributed by atoms with van der Waals surface area (Å²) in [5.74, 6) is -3.04. The Morgan fingerprint density at radius 3 is 2.25 bits per heavy atom. The third kappa shape index (κ3) is 4.34. The summed E-state index contributed by atoms with van der Waals surface area (Å²) in [7, 11) is 0. The molecule has 0 aliphatic carbocycles. The second-order valence-corrected chi connectivity index (χ2v) is 5.63. The van der Waals surface area contributed by atoms with Crippen LogP contribution in [0, 0.1) is 23.0 Å². The predicted octanol–water partition coefficient (Wildman–Crippen LogP) is 3.74. The molecule has 0 radical (unpaired) electrons. The van der Waals surface area contributed by atoms with Gasteiger partial charge in [-0.25, -0.2) is 13.8 Å². The van der Waals surface area contributed by atoms with E-state index in [9.17, 15) is 18.4 Å². The summed E-state index contributed by atoms with van der Waals surface area (Å²) < 4.78 is 26.6. The van der Waals surface area contributed by atoms with Gasteiger partial charge < -0.3 is 10.6 Å². The van der Waals surface area contributed by atoms with E-state index in [1.165, 1.54) is 24.3 Å². The van der Waals surface area contributed by atoms with Crippen molar-refractivity contribution in [2.75, 3.05) is 10.6 Å². The lowest BCUT2D eigenvalue weighted by Crippen LogP contribution is -2.19. The summed E-state index contributed by atoms with van der Waals surface area (Å²) >= 11 is 0. The predicted molar refractivity (Wildman–Crippen MR) is 97.7 cm³/mol. The SMILES string of the molecule is N#Cc1cccc(NC(=O)c2cccc(C(=O)Nc3ccc(F)cc3F)n2)c1. The van der Waals surface area contributed by atoms with Gasteiger partial charge in [0.25, 0.3) is 11.8 Å². The van der Waals surface area contributed by atoms with Crippen molar-refractivity contribution < 1.29 is 18.4 Å². The van der Waals surface area contributed by atoms with Crippen LogP contribution in [-0.4, -0.2) is 16.8 Å². The summed E-state index contributed by atoms with van der Waals surface area (Å²) in [6.07, 6.45) is 0. The molecule has 1 heterocycles. The van der Waals surface area contributed by atoms with Crippen LogP contribution in [0.1, 0.15) is 26.5 Å². The van der Waals surface area contributed by atoms with Crippen LogP contribution in [0.25, 0.3) is 0 Å². The Bertz CT molecular complexity index is 1110. The molecule has 0 unspecified atom stereocenters. The van der Waals surface area contributed by atoms with Crippen molar-refractivity contribution in [2.45, 2.75) is 0 Å². The first-order chi connectivity index (χ1) is 13.5. The molecule has 6 nitrogen and oxygen atoms in total. The number of rotatable bonds is 4. The molecule has 8 heteroatoms. The number of benzene rings is 2. The van der Waals surface area contributed by atoms with Gasteiger partial charge in [0.2, 0.25) is 0 Å². The van der Waals surface area contributed by atoms with E-state index in [1.807, 2.05) is 6.07 Å². The van der Waals surface area contributed by atoms with Gasteiger partial charge in [0, 0.05) is 11.8 Å². The highest BCUT2D eigenvalue weighted by Gasteiger charge is 2.14. The Morgan fingerprint density at radius 2 is 1.57 bits per heavy atom. The maximum atomic E-state index is 13.7. The molecule has 1 aromatic heterocycles. The fourth-order valence-electron chi connectivity index (χ4n) is 2.33. The van der Waals surface area contributed by atoms with E-state index >= 15 is 0 Å². The van der Waals surface area contributed by atoms with E-state index in [0.29, 0.717) is 17.3 Å². The van der Waals surface area contributed by atoms with Crippen molar-refractivity contribution in [2.24, 2.45) is 0 Å². The first kappa shape index (κ1) is 18.7. The molecule has 0 bridgehead atoms. The minimum absolute atomic E-state index is 0.0467. The van der Waals surface area contributed by atoms with Gasteiger partial charge in [-0.1, -0.05) is 12.1 Å². The molecule has 2 aromatic carbocycles. The number of nitrogens with zero attached hydrogens (tertiary/aromatic N) is 2. The minimum atomic E-state index is -0.931. The minimum Gasteiger partial charge on any atom is -0.321 e. The molecule has 0 atom stereocenters. The van der Waals surface area contributed by atoms with Crippen molar-refractivity contribution >= 4 is 23.2 Å². The summed E-state index contributed by atoms with van der Waals surface area (Å²) in [4.78, 5) is 28.6. The van der Waals surface area contributed by atoms with Gasteiger partial charge >= 0.3 is 0 Å². The Hall–Kier alpha value is -4.12. The van der Waals surface area contributed by atoms with Crippen LogP contribution in [0.3, 0.4) is 0 Å². The first-order valence-corrected chi connectivity index (χ1v) is 8.01. The highest BCUT2D eigenvalue weighted by molar-refractivity contribution is 6.06. The van der Waals surface area contributed by atoms with Gasteiger partial charge in [0.15, 0.2) is 0 Å². The molecule has 0 aliphatic heterocycles. The van der Waals surface area contributed by atoms with Crippen molar-refractivity contribution in [3.63, 3.8) is 0 Å². The molecule has 3 aromatic rings. The lowest BCUT2D eigenvalue weighted by Gasteiger charge is -2.08. The molecule has 2 N–H and O–H groups in total. The number of carbonyl (C=O) groups excluding carboxylic acids is 2. The van der Waals surface area contributed by atoms with Crippen molar-refractivity contribution in [3.8, 4) is 6.07 Å². The molecule has 0 fully saturated rings. The Morgan fingerprint density at radius 1 is 0.893 bits per heavy atom. The summed E-state index contributed by atoms with van der Waals surface area (Å²) in [5, 5.41) is 13.8. The lowest BCUT2D eigenvalue weighted by molar-refractivity contribution is 0.101. The number of carbonyl (C=O) groups is 2. The van der Waals surface area contributed by atoms with Crippen molar-refractivity contribution in [1.82, 2.24) is 4.98 Å². The molecule has 0 aliphatic rings. The second kappa shape index (κ2) is 8.05. The van der Waals surface area contributed by atoms with Crippen LogP contribution in [0.5, 0.6) is 0 Å². The van der Waals surface area contributed by atoms with Gasteiger partial charge in [0.05, 0.1) is 17.3 Å². The van der Waals surface area contributed by atoms with Crippen LogP contribution in [0.2, 0.25) is 0 Å². The van der Waals surface area contributed by atoms with E-state index in [4.69, 9.17) is 5.26 Å². The number of aromatic nitrogens is 1. The lowest BCUT2D eigenvalue weighted by atomic mass is 10.2. The van der Waals surface area contributed by atoms with Gasteiger partial charge in [-0.05, 0) is 42.5 Å². The third-order valence-electron chi connectivity index (χ3n) is 3.64. The fraction of sp³-hybridized carbons (Fsp3) is 0. The molecular weight excluding hydrogens is 366 g/mol. The zero-order valence-corrected chi connectivity index (χ0v) is 14.2. The zero-order chi connectivity index (χ0) is 20.1. The smallest absolute Gasteiger partial charge is 0.274 e. The third-order valence-corrected chi connectivity index (χ3v) is 3.64. The number of nitriles is 1. The van der Waals surface area contributed by atoms with Crippen LogP contribution in [-0.2, 0) is 0 Å². The van der Waals surface area contributed by atoms with Crippen LogP contribution < -0.4 is 10.6 Å². The summed E-state index contributed by atoms with van der Waals surface area (Å²) in [6.45, 7) is 0. The van der Waals surface area contributed by atoms with E-state index < -0.39 is 23.4 Å². The number of halogens is 2. The van der Waals surface area contributed by atoms with E-state index in [-0.39, 0.29) is 17.1 Å². The maximum absolute atomic E-state index is 13.7. The number of nitrogens with one attached hydrogen (secondary N) is 2. The first-order valence-electron chi connectivity index (χ1n) is 8.01. The number of anilines is 2.